The zero-order valence-corrected chi connectivity index (χ0v) is 30.3. The van der Waals surface area contributed by atoms with Gasteiger partial charge in [0.1, 0.15) is 0 Å². The molecule has 262 valence electrons. The molecule has 0 aliphatic carbocycles. The van der Waals surface area contributed by atoms with Crippen molar-refractivity contribution >= 4 is 43.6 Å². The first kappa shape index (κ1) is 31.9. The Balaban J connectivity index is 1.24. The maximum absolute atomic E-state index is 5.20. The molecule has 11 aromatic rings. The Labute approximate surface area is 323 Å². The van der Waals surface area contributed by atoms with Crippen LogP contribution in [0.25, 0.3) is 100 Å². The van der Waals surface area contributed by atoms with Crippen LogP contribution in [0.1, 0.15) is 0 Å². The predicted molar refractivity (Wildman–Crippen MR) is 230 cm³/mol. The minimum atomic E-state index is 0.572. The molecule has 0 fully saturated rings. The van der Waals surface area contributed by atoms with Gasteiger partial charge in [0.05, 0.1) is 22.1 Å². The Kier molecular flexibility index (Phi) is 7.42. The number of fused-ring (bicyclic) bond motifs is 6. The Hall–Kier alpha value is -7.63. The van der Waals surface area contributed by atoms with Gasteiger partial charge in [0.2, 0.25) is 5.95 Å². The summed E-state index contributed by atoms with van der Waals surface area (Å²) in [4.78, 5) is 15.4. The molecular weight excluding hydrogens is 683 g/mol. The standard InChI is InChI=1S/C51H33N5/c1-5-17-34(18-6-1)39-31-32-45-48(42-26-14-16-28-44(42)55(45)38-23-11-4-12-24-38)47(39)37-29-30-41-40-25-13-15-27-43(40)56(46(41)33-37)51-53-49(35-19-7-2-8-20-35)52-50(54-51)36-21-9-3-10-22-36/h1-33H. The van der Waals surface area contributed by atoms with Crippen LogP contribution in [0.5, 0.6) is 0 Å². The van der Waals surface area contributed by atoms with E-state index >= 15 is 0 Å². The molecule has 8 aromatic carbocycles. The number of aromatic nitrogens is 5. The first-order chi connectivity index (χ1) is 27.8. The second-order valence-electron chi connectivity index (χ2n) is 14.0. The molecule has 0 amide bonds. The van der Waals surface area contributed by atoms with Gasteiger partial charge in [0.15, 0.2) is 11.6 Å². The Morgan fingerprint density at radius 3 is 1.48 bits per heavy atom. The maximum Gasteiger partial charge on any atom is 0.238 e. The molecule has 3 aromatic heterocycles. The molecule has 0 radical (unpaired) electrons. The van der Waals surface area contributed by atoms with Gasteiger partial charge in [-0.15, -0.1) is 0 Å². The minimum Gasteiger partial charge on any atom is -0.309 e. The van der Waals surface area contributed by atoms with Crippen LogP contribution in [-0.4, -0.2) is 24.1 Å². The van der Waals surface area contributed by atoms with E-state index in [1.54, 1.807) is 0 Å². The summed E-state index contributed by atoms with van der Waals surface area (Å²) in [5.41, 5.74) is 12.0. The highest BCUT2D eigenvalue weighted by Gasteiger charge is 2.22. The first-order valence-electron chi connectivity index (χ1n) is 18.9. The lowest BCUT2D eigenvalue weighted by atomic mass is 9.90. The number of benzene rings is 8. The number of hydrogen-bond acceptors (Lipinski definition) is 3. The van der Waals surface area contributed by atoms with E-state index in [9.17, 15) is 0 Å². The lowest BCUT2D eigenvalue weighted by molar-refractivity contribution is 0.953. The topological polar surface area (TPSA) is 48.5 Å². The molecule has 0 aliphatic heterocycles. The monoisotopic (exact) mass is 715 g/mol. The molecule has 0 atom stereocenters. The highest BCUT2D eigenvalue weighted by atomic mass is 15.2. The quantitative estimate of drug-likeness (QED) is 0.172. The smallest absolute Gasteiger partial charge is 0.238 e. The zero-order chi connectivity index (χ0) is 37.0. The second-order valence-corrected chi connectivity index (χ2v) is 14.0. The minimum absolute atomic E-state index is 0.572. The highest BCUT2D eigenvalue weighted by molar-refractivity contribution is 6.20. The van der Waals surface area contributed by atoms with Crippen LogP contribution < -0.4 is 0 Å². The number of nitrogens with zero attached hydrogens (tertiary/aromatic N) is 5. The van der Waals surface area contributed by atoms with Crippen molar-refractivity contribution in [2.45, 2.75) is 0 Å². The van der Waals surface area contributed by atoms with Gasteiger partial charge >= 0.3 is 0 Å². The van der Waals surface area contributed by atoms with E-state index in [0.717, 1.165) is 49.7 Å². The average molecular weight is 716 g/mol. The highest BCUT2D eigenvalue weighted by Crippen LogP contribution is 2.45. The molecule has 0 unspecified atom stereocenters. The van der Waals surface area contributed by atoms with Crippen LogP contribution >= 0.6 is 0 Å². The Morgan fingerprint density at radius 2 is 0.839 bits per heavy atom. The van der Waals surface area contributed by atoms with Gasteiger partial charge in [-0.25, -0.2) is 4.98 Å². The number of hydrogen-bond donors (Lipinski definition) is 0. The average Bonchev–Trinajstić information content (AvgIpc) is 3.80. The lowest BCUT2D eigenvalue weighted by Gasteiger charge is -2.15. The number of rotatable bonds is 6. The van der Waals surface area contributed by atoms with E-state index in [0.29, 0.717) is 17.6 Å². The van der Waals surface area contributed by atoms with Gasteiger partial charge in [-0.2, -0.15) is 9.97 Å². The van der Waals surface area contributed by atoms with E-state index in [-0.39, 0.29) is 0 Å². The summed E-state index contributed by atoms with van der Waals surface area (Å²) in [6.07, 6.45) is 0. The molecular formula is C51H33N5. The molecule has 0 spiro atoms. The lowest BCUT2D eigenvalue weighted by Crippen LogP contribution is -2.06. The van der Waals surface area contributed by atoms with Crippen LogP contribution in [0.2, 0.25) is 0 Å². The van der Waals surface area contributed by atoms with Crippen LogP contribution in [0, 0.1) is 0 Å². The van der Waals surface area contributed by atoms with E-state index in [1.807, 2.05) is 36.4 Å². The SMILES string of the molecule is c1ccc(-c2nc(-c3ccccc3)nc(-n3c4ccccc4c4ccc(-c5c(-c6ccccc6)ccc6c5c5ccccc5n6-c5ccccc5)cc43)n2)cc1. The fourth-order valence-electron chi connectivity index (χ4n) is 8.31. The molecule has 0 saturated carbocycles. The molecule has 0 saturated heterocycles. The van der Waals surface area contributed by atoms with E-state index in [2.05, 4.69) is 173 Å². The predicted octanol–water partition coefficient (Wildman–Crippen LogP) is 12.7. The van der Waals surface area contributed by atoms with Gasteiger partial charge in [0.25, 0.3) is 0 Å². The summed E-state index contributed by atoms with van der Waals surface area (Å²) < 4.78 is 4.60. The molecule has 11 rings (SSSR count). The van der Waals surface area contributed by atoms with Crippen LogP contribution in [-0.2, 0) is 0 Å². The first-order valence-corrected chi connectivity index (χ1v) is 18.9. The van der Waals surface area contributed by atoms with Gasteiger partial charge in [-0.1, -0.05) is 164 Å². The van der Waals surface area contributed by atoms with Crippen LogP contribution in [0.3, 0.4) is 0 Å². The summed E-state index contributed by atoms with van der Waals surface area (Å²) in [6, 6.07) is 70.4. The largest absolute Gasteiger partial charge is 0.309 e. The van der Waals surface area contributed by atoms with Crippen molar-refractivity contribution in [1.82, 2.24) is 24.1 Å². The fourth-order valence-corrected chi connectivity index (χ4v) is 8.31. The van der Waals surface area contributed by atoms with Gasteiger partial charge in [-0.05, 0) is 58.7 Å². The van der Waals surface area contributed by atoms with Crippen molar-refractivity contribution in [2.24, 2.45) is 0 Å². The van der Waals surface area contributed by atoms with E-state index in [1.165, 1.54) is 33.0 Å². The van der Waals surface area contributed by atoms with Crippen molar-refractivity contribution in [3.63, 3.8) is 0 Å². The summed E-state index contributed by atoms with van der Waals surface area (Å²) in [7, 11) is 0. The molecule has 0 bridgehead atoms. The van der Waals surface area contributed by atoms with Gasteiger partial charge in [0, 0.05) is 38.4 Å². The van der Waals surface area contributed by atoms with Gasteiger partial charge in [-0.3, -0.25) is 4.57 Å². The van der Waals surface area contributed by atoms with Gasteiger partial charge < -0.3 is 4.57 Å². The number of para-hydroxylation sites is 3. The summed E-state index contributed by atoms with van der Waals surface area (Å²) in [6.45, 7) is 0. The maximum atomic E-state index is 5.20. The third kappa shape index (κ3) is 5.13. The Bertz CT molecular complexity index is 3160. The summed E-state index contributed by atoms with van der Waals surface area (Å²) in [5.74, 6) is 1.83. The second kappa shape index (κ2) is 13.0. The normalized spacial score (nSPS) is 11.6. The van der Waals surface area contributed by atoms with Crippen molar-refractivity contribution in [3.8, 4) is 56.7 Å². The van der Waals surface area contributed by atoms with Crippen molar-refractivity contribution in [3.05, 3.63) is 200 Å². The third-order valence-corrected chi connectivity index (χ3v) is 10.8. The zero-order valence-electron chi connectivity index (χ0n) is 30.3. The molecule has 0 aliphatic rings. The van der Waals surface area contributed by atoms with Crippen LogP contribution in [0.4, 0.5) is 0 Å². The molecule has 56 heavy (non-hydrogen) atoms. The molecule has 3 heterocycles. The van der Waals surface area contributed by atoms with Crippen molar-refractivity contribution in [2.75, 3.05) is 0 Å². The molecule has 5 nitrogen and oxygen atoms in total. The van der Waals surface area contributed by atoms with E-state index < -0.39 is 0 Å². The third-order valence-electron chi connectivity index (χ3n) is 10.8. The fraction of sp³-hybridized carbons (Fsp3) is 0. The van der Waals surface area contributed by atoms with Crippen molar-refractivity contribution in [1.29, 1.82) is 0 Å². The van der Waals surface area contributed by atoms with Crippen molar-refractivity contribution < 1.29 is 0 Å². The van der Waals surface area contributed by atoms with Crippen LogP contribution in [0.15, 0.2) is 200 Å². The molecule has 5 heteroatoms. The summed E-state index contributed by atoms with van der Waals surface area (Å²) in [5, 5.41) is 4.69. The molecule has 0 N–H and O–H groups in total. The summed E-state index contributed by atoms with van der Waals surface area (Å²) >= 11 is 0. The van der Waals surface area contributed by atoms with E-state index in [4.69, 9.17) is 15.0 Å². The Morgan fingerprint density at radius 1 is 0.321 bits per heavy atom.